The first-order valence-electron chi connectivity index (χ1n) is 17.5. The van der Waals surface area contributed by atoms with Crippen LogP contribution in [0.4, 0.5) is 0 Å². The summed E-state index contributed by atoms with van der Waals surface area (Å²) in [5.41, 5.74) is 0. The van der Waals surface area contributed by atoms with Crippen LogP contribution in [0.3, 0.4) is 0 Å². The van der Waals surface area contributed by atoms with Gasteiger partial charge in [-0.1, -0.05) is 161 Å². The summed E-state index contributed by atoms with van der Waals surface area (Å²) >= 11 is 5.64. The quantitative estimate of drug-likeness (QED) is 0.0486. The Balaban J connectivity index is 4.42. The molecule has 0 aromatic carbocycles. The average molecular weight is 599 g/mol. The van der Waals surface area contributed by atoms with Crippen LogP contribution < -0.4 is 0 Å². The lowest BCUT2D eigenvalue weighted by Gasteiger charge is -2.24. The third-order valence-corrected chi connectivity index (χ3v) is 8.27. The number of unbranched alkanes of at least 4 members (excludes halogenated alkanes) is 20. The van der Waals surface area contributed by atoms with E-state index in [1.165, 1.54) is 83.5 Å². The van der Waals surface area contributed by atoms with Crippen molar-refractivity contribution in [2.24, 2.45) is 0 Å². The number of esters is 2. The lowest BCUT2D eigenvalue weighted by atomic mass is 10.0. The molecule has 5 nitrogen and oxygen atoms in total. The van der Waals surface area contributed by atoms with E-state index >= 15 is 0 Å². The standard InChI is InChI=1S/C35H66O5S/c1-4-7-10-13-14-15-16-17-18-19-20-23-24-27-32(41)35(40-34(38)29-26-22-12-9-6-3)31(36)30-39-33(37)28-25-21-11-8-5-2/h31,35-36H,4-30H2,1-3H3. The molecule has 0 amide bonds. The topological polar surface area (TPSA) is 72.8 Å². The van der Waals surface area contributed by atoms with Crippen LogP contribution in [0.25, 0.3) is 0 Å². The first-order valence-corrected chi connectivity index (χ1v) is 17.9. The van der Waals surface area contributed by atoms with Gasteiger partial charge < -0.3 is 14.6 Å². The number of hydrogen-bond donors (Lipinski definition) is 1. The Hall–Kier alpha value is -1.01. The summed E-state index contributed by atoms with van der Waals surface area (Å²) in [6.07, 6.45) is 26.4. The lowest BCUT2D eigenvalue weighted by molar-refractivity contribution is -0.156. The molecule has 0 aromatic heterocycles. The molecule has 0 spiro atoms. The van der Waals surface area contributed by atoms with Gasteiger partial charge in [0, 0.05) is 17.7 Å². The van der Waals surface area contributed by atoms with E-state index in [4.69, 9.17) is 21.7 Å². The van der Waals surface area contributed by atoms with Gasteiger partial charge in [0.2, 0.25) is 0 Å². The molecule has 6 heteroatoms. The molecule has 0 aliphatic rings. The van der Waals surface area contributed by atoms with E-state index in [0.29, 0.717) is 24.1 Å². The normalized spacial score (nSPS) is 12.7. The second-order valence-corrected chi connectivity index (χ2v) is 12.5. The van der Waals surface area contributed by atoms with Crippen molar-refractivity contribution in [1.82, 2.24) is 0 Å². The van der Waals surface area contributed by atoms with Gasteiger partial charge in [0.1, 0.15) is 12.7 Å². The van der Waals surface area contributed by atoms with Gasteiger partial charge in [-0.25, -0.2) is 0 Å². The maximum Gasteiger partial charge on any atom is 0.306 e. The highest BCUT2D eigenvalue weighted by atomic mass is 32.1. The van der Waals surface area contributed by atoms with Crippen LogP contribution in [0.5, 0.6) is 0 Å². The van der Waals surface area contributed by atoms with Crippen molar-refractivity contribution in [3.63, 3.8) is 0 Å². The number of ether oxygens (including phenoxy) is 2. The van der Waals surface area contributed by atoms with Crippen molar-refractivity contribution >= 4 is 29.0 Å². The van der Waals surface area contributed by atoms with Gasteiger partial charge in [-0.05, 0) is 25.7 Å². The maximum atomic E-state index is 12.5. The SMILES string of the molecule is CCCCCCCCCCCCCCCC(=S)C(OC(=O)CCCCCCC)C(O)COC(=O)CCCCCCC. The molecule has 2 unspecified atom stereocenters. The number of carbonyl (C=O) groups is 2. The van der Waals surface area contributed by atoms with Crippen LogP contribution in [0.1, 0.15) is 188 Å². The van der Waals surface area contributed by atoms with Gasteiger partial charge in [-0.3, -0.25) is 9.59 Å². The van der Waals surface area contributed by atoms with E-state index in [0.717, 1.165) is 64.2 Å². The van der Waals surface area contributed by atoms with Gasteiger partial charge in [-0.2, -0.15) is 0 Å². The molecule has 0 saturated heterocycles. The van der Waals surface area contributed by atoms with Crippen LogP contribution in [0, 0.1) is 0 Å². The third-order valence-electron chi connectivity index (χ3n) is 7.84. The minimum atomic E-state index is -1.13. The number of rotatable bonds is 31. The largest absolute Gasteiger partial charge is 0.463 e. The van der Waals surface area contributed by atoms with Gasteiger partial charge >= 0.3 is 11.9 Å². The zero-order valence-corrected chi connectivity index (χ0v) is 28.1. The number of hydrogen-bond acceptors (Lipinski definition) is 6. The number of aliphatic hydroxyl groups is 1. The number of aliphatic hydroxyl groups excluding tert-OH is 1. The van der Waals surface area contributed by atoms with Crippen molar-refractivity contribution in [1.29, 1.82) is 0 Å². The van der Waals surface area contributed by atoms with Crippen molar-refractivity contribution < 1.29 is 24.2 Å². The molecule has 41 heavy (non-hydrogen) atoms. The fraction of sp³-hybridized carbons (Fsp3) is 0.914. The van der Waals surface area contributed by atoms with E-state index in [2.05, 4.69) is 20.8 Å². The maximum absolute atomic E-state index is 12.5. The van der Waals surface area contributed by atoms with Crippen LogP contribution >= 0.6 is 12.2 Å². The Kier molecular flexibility index (Phi) is 29.7. The summed E-state index contributed by atoms with van der Waals surface area (Å²) in [5.74, 6) is -0.649. The zero-order valence-electron chi connectivity index (χ0n) is 27.2. The Morgan fingerprint density at radius 1 is 0.537 bits per heavy atom. The molecule has 2 atom stereocenters. The Morgan fingerprint density at radius 3 is 1.29 bits per heavy atom. The molecule has 0 aromatic rings. The average Bonchev–Trinajstić information content (AvgIpc) is 2.96. The summed E-state index contributed by atoms with van der Waals surface area (Å²) < 4.78 is 11.0. The summed E-state index contributed by atoms with van der Waals surface area (Å²) in [6, 6.07) is 0. The van der Waals surface area contributed by atoms with E-state index < -0.39 is 12.2 Å². The van der Waals surface area contributed by atoms with Crippen LogP contribution in [-0.2, 0) is 19.1 Å². The second-order valence-electron chi connectivity index (χ2n) is 11.9. The summed E-state index contributed by atoms with van der Waals surface area (Å²) in [7, 11) is 0. The molecule has 0 bridgehead atoms. The highest BCUT2D eigenvalue weighted by Crippen LogP contribution is 2.17. The second kappa shape index (κ2) is 30.4. The van der Waals surface area contributed by atoms with Gasteiger partial charge in [0.25, 0.3) is 0 Å². The van der Waals surface area contributed by atoms with Crippen molar-refractivity contribution in [2.75, 3.05) is 6.61 Å². The summed E-state index contributed by atoms with van der Waals surface area (Å²) in [5, 5.41) is 10.8. The summed E-state index contributed by atoms with van der Waals surface area (Å²) in [4.78, 5) is 25.3. The van der Waals surface area contributed by atoms with Gasteiger partial charge in [0.05, 0.1) is 0 Å². The van der Waals surface area contributed by atoms with Crippen molar-refractivity contribution in [2.45, 2.75) is 200 Å². The fourth-order valence-corrected chi connectivity index (χ4v) is 5.45. The predicted molar refractivity (Wildman–Crippen MR) is 177 cm³/mol. The van der Waals surface area contributed by atoms with E-state index in [1.54, 1.807) is 0 Å². The lowest BCUT2D eigenvalue weighted by Crippen LogP contribution is -2.40. The fourth-order valence-electron chi connectivity index (χ4n) is 5.10. The molecule has 0 aliphatic heterocycles. The third kappa shape index (κ3) is 26.4. The Bertz CT molecular complexity index is 624. The van der Waals surface area contributed by atoms with Crippen LogP contribution in [-0.4, -0.2) is 40.7 Å². The highest BCUT2D eigenvalue weighted by molar-refractivity contribution is 7.80. The molecule has 0 saturated carbocycles. The van der Waals surface area contributed by atoms with Crippen molar-refractivity contribution in [3.8, 4) is 0 Å². The molecule has 0 aliphatic carbocycles. The van der Waals surface area contributed by atoms with E-state index in [-0.39, 0.29) is 18.5 Å². The van der Waals surface area contributed by atoms with E-state index in [9.17, 15) is 14.7 Å². The molecule has 1 N–H and O–H groups in total. The van der Waals surface area contributed by atoms with Crippen LogP contribution in [0.15, 0.2) is 0 Å². The first kappa shape index (κ1) is 40.0. The molecule has 0 radical (unpaired) electrons. The number of thiocarbonyl (C=S) groups is 1. The monoisotopic (exact) mass is 598 g/mol. The molecular weight excluding hydrogens is 532 g/mol. The minimum absolute atomic E-state index is 0.193. The van der Waals surface area contributed by atoms with E-state index in [1.807, 2.05) is 0 Å². The Labute approximate surface area is 259 Å². The minimum Gasteiger partial charge on any atom is -0.463 e. The zero-order chi connectivity index (χ0) is 30.4. The molecule has 242 valence electrons. The molecule has 0 heterocycles. The van der Waals surface area contributed by atoms with Gasteiger partial charge in [-0.15, -0.1) is 0 Å². The molecular formula is C35H66O5S. The predicted octanol–water partition coefficient (Wildman–Crippen LogP) is 10.4. The smallest absolute Gasteiger partial charge is 0.306 e. The van der Waals surface area contributed by atoms with Gasteiger partial charge in [0.15, 0.2) is 6.10 Å². The highest BCUT2D eigenvalue weighted by Gasteiger charge is 2.28. The number of carbonyl (C=O) groups excluding carboxylic acids is 2. The Morgan fingerprint density at radius 2 is 0.878 bits per heavy atom. The summed E-state index contributed by atoms with van der Waals surface area (Å²) in [6.45, 7) is 6.39. The first-order chi connectivity index (χ1) is 20.0. The van der Waals surface area contributed by atoms with Crippen molar-refractivity contribution in [3.05, 3.63) is 0 Å². The molecule has 0 fully saturated rings. The molecule has 0 rings (SSSR count). The van der Waals surface area contributed by atoms with Crippen LogP contribution in [0.2, 0.25) is 0 Å².